The van der Waals surface area contributed by atoms with E-state index in [2.05, 4.69) is 59.9 Å². The minimum absolute atomic E-state index is 0.537. The van der Waals surface area contributed by atoms with E-state index in [4.69, 9.17) is 5.73 Å². The number of hydrogen-bond donors (Lipinski definition) is 1. The van der Waals surface area contributed by atoms with Crippen molar-refractivity contribution in [3.8, 4) is 0 Å². The zero-order valence-corrected chi connectivity index (χ0v) is 14.9. The molecule has 2 unspecified atom stereocenters. The molecular weight excluding hydrogens is 284 g/mol. The molecule has 128 valence electrons. The van der Waals surface area contributed by atoms with Gasteiger partial charge >= 0.3 is 0 Å². The monoisotopic (exact) mass is 316 g/mol. The first-order valence-electron chi connectivity index (χ1n) is 9.07. The molecule has 0 amide bonds. The van der Waals surface area contributed by atoms with Crippen molar-refractivity contribution in [2.75, 3.05) is 51.2 Å². The van der Waals surface area contributed by atoms with Crippen LogP contribution in [0.5, 0.6) is 0 Å². The Balaban J connectivity index is 1.62. The van der Waals surface area contributed by atoms with E-state index in [9.17, 15) is 0 Å². The van der Waals surface area contributed by atoms with Crippen molar-refractivity contribution in [1.82, 2.24) is 9.80 Å². The molecule has 0 radical (unpaired) electrons. The second-order valence-electron chi connectivity index (χ2n) is 7.50. The SMILES string of the molecule is CC(C)N1CCN(c2ccc(C3CC(CN)CN3C)cc2)CC1. The second kappa shape index (κ2) is 7.20. The van der Waals surface area contributed by atoms with Gasteiger partial charge in [-0.15, -0.1) is 0 Å². The van der Waals surface area contributed by atoms with Crippen LogP contribution in [0.15, 0.2) is 24.3 Å². The molecule has 2 fully saturated rings. The molecule has 23 heavy (non-hydrogen) atoms. The van der Waals surface area contributed by atoms with Gasteiger partial charge < -0.3 is 10.6 Å². The number of piperazine rings is 1. The summed E-state index contributed by atoms with van der Waals surface area (Å²) in [6, 6.07) is 10.5. The minimum Gasteiger partial charge on any atom is -0.369 e. The Hall–Kier alpha value is -1.10. The molecule has 0 saturated carbocycles. The van der Waals surface area contributed by atoms with Crippen LogP contribution in [0.2, 0.25) is 0 Å². The Labute approximate surface area is 141 Å². The summed E-state index contributed by atoms with van der Waals surface area (Å²) in [5, 5.41) is 0. The minimum atomic E-state index is 0.537. The fourth-order valence-electron chi connectivity index (χ4n) is 4.07. The lowest BCUT2D eigenvalue weighted by Crippen LogP contribution is -2.48. The number of nitrogens with zero attached hydrogens (tertiary/aromatic N) is 3. The Bertz CT molecular complexity index is 491. The number of likely N-dealkylation sites (tertiary alicyclic amines) is 1. The van der Waals surface area contributed by atoms with Crippen molar-refractivity contribution >= 4 is 5.69 Å². The smallest absolute Gasteiger partial charge is 0.0367 e. The van der Waals surface area contributed by atoms with E-state index >= 15 is 0 Å². The summed E-state index contributed by atoms with van der Waals surface area (Å²) < 4.78 is 0. The number of hydrogen-bond acceptors (Lipinski definition) is 4. The van der Waals surface area contributed by atoms with E-state index in [0.29, 0.717) is 18.0 Å². The van der Waals surface area contributed by atoms with Crippen molar-refractivity contribution in [2.24, 2.45) is 11.7 Å². The lowest BCUT2D eigenvalue weighted by molar-refractivity contribution is 0.209. The third-order valence-corrected chi connectivity index (χ3v) is 5.66. The maximum absolute atomic E-state index is 5.85. The summed E-state index contributed by atoms with van der Waals surface area (Å²) >= 11 is 0. The van der Waals surface area contributed by atoms with E-state index in [1.165, 1.54) is 30.8 Å². The zero-order valence-electron chi connectivity index (χ0n) is 14.9. The Morgan fingerprint density at radius 2 is 1.74 bits per heavy atom. The fraction of sp³-hybridized carbons (Fsp3) is 0.684. The molecule has 2 heterocycles. The summed E-state index contributed by atoms with van der Waals surface area (Å²) in [6.07, 6.45) is 1.19. The first kappa shape index (κ1) is 16.7. The molecule has 0 spiro atoms. The standard InChI is InChI=1S/C19H32N4/c1-15(2)22-8-10-23(11-9-22)18-6-4-17(5-7-18)19-12-16(13-20)14-21(19)3/h4-7,15-16,19H,8-14,20H2,1-3H3. The van der Waals surface area contributed by atoms with Gasteiger partial charge in [0.25, 0.3) is 0 Å². The molecule has 4 nitrogen and oxygen atoms in total. The van der Waals surface area contributed by atoms with Crippen LogP contribution in [0, 0.1) is 5.92 Å². The lowest BCUT2D eigenvalue weighted by atomic mass is 9.99. The first-order chi connectivity index (χ1) is 11.1. The predicted octanol–water partition coefficient (Wildman–Crippen LogP) is 2.17. The lowest BCUT2D eigenvalue weighted by Gasteiger charge is -2.38. The average Bonchev–Trinajstić information content (AvgIpc) is 2.96. The number of rotatable bonds is 4. The van der Waals surface area contributed by atoms with Gasteiger partial charge in [-0.05, 0) is 57.5 Å². The van der Waals surface area contributed by atoms with Crippen LogP contribution < -0.4 is 10.6 Å². The van der Waals surface area contributed by atoms with Crippen LogP contribution in [0.3, 0.4) is 0 Å². The number of benzene rings is 1. The quantitative estimate of drug-likeness (QED) is 0.923. The first-order valence-corrected chi connectivity index (χ1v) is 9.07. The van der Waals surface area contributed by atoms with Crippen molar-refractivity contribution in [3.05, 3.63) is 29.8 Å². The summed E-state index contributed by atoms with van der Waals surface area (Å²) in [5.74, 6) is 0.647. The van der Waals surface area contributed by atoms with E-state index in [1.54, 1.807) is 0 Å². The van der Waals surface area contributed by atoms with Gasteiger partial charge in [0.15, 0.2) is 0 Å². The van der Waals surface area contributed by atoms with Crippen molar-refractivity contribution in [2.45, 2.75) is 32.4 Å². The normalized spacial score (nSPS) is 27.1. The van der Waals surface area contributed by atoms with Crippen molar-refractivity contribution < 1.29 is 0 Å². The van der Waals surface area contributed by atoms with Gasteiger partial charge in [0.2, 0.25) is 0 Å². The molecule has 2 aliphatic heterocycles. The summed E-state index contributed by atoms with van der Waals surface area (Å²) in [7, 11) is 2.22. The summed E-state index contributed by atoms with van der Waals surface area (Å²) in [6.45, 7) is 11.1. The largest absolute Gasteiger partial charge is 0.369 e. The van der Waals surface area contributed by atoms with Gasteiger partial charge in [0, 0.05) is 50.5 Å². The molecule has 3 rings (SSSR count). The van der Waals surface area contributed by atoms with E-state index in [1.807, 2.05) is 0 Å². The summed E-state index contributed by atoms with van der Waals surface area (Å²) in [5.41, 5.74) is 8.66. The maximum Gasteiger partial charge on any atom is 0.0367 e. The van der Waals surface area contributed by atoms with Gasteiger partial charge in [-0.3, -0.25) is 9.80 Å². The van der Waals surface area contributed by atoms with E-state index in [-0.39, 0.29) is 0 Å². The third-order valence-electron chi connectivity index (χ3n) is 5.66. The Kier molecular flexibility index (Phi) is 5.24. The fourth-order valence-corrected chi connectivity index (χ4v) is 4.07. The van der Waals surface area contributed by atoms with Crippen molar-refractivity contribution in [1.29, 1.82) is 0 Å². The highest BCUT2D eigenvalue weighted by Gasteiger charge is 2.29. The maximum atomic E-state index is 5.85. The highest BCUT2D eigenvalue weighted by molar-refractivity contribution is 5.48. The second-order valence-corrected chi connectivity index (χ2v) is 7.50. The molecule has 2 saturated heterocycles. The van der Waals surface area contributed by atoms with Crippen LogP contribution in [0.25, 0.3) is 0 Å². The number of nitrogens with two attached hydrogens (primary N) is 1. The van der Waals surface area contributed by atoms with Gasteiger partial charge in [-0.25, -0.2) is 0 Å². The molecule has 2 aliphatic rings. The molecule has 0 aliphatic carbocycles. The number of anilines is 1. The average molecular weight is 316 g/mol. The molecule has 4 heteroatoms. The zero-order chi connectivity index (χ0) is 16.4. The van der Waals surface area contributed by atoms with Crippen LogP contribution in [0.1, 0.15) is 31.9 Å². The highest BCUT2D eigenvalue weighted by Crippen LogP contribution is 2.34. The van der Waals surface area contributed by atoms with Crippen molar-refractivity contribution in [3.63, 3.8) is 0 Å². The summed E-state index contributed by atoms with van der Waals surface area (Å²) in [4.78, 5) is 7.53. The van der Waals surface area contributed by atoms with Gasteiger partial charge in [0.05, 0.1) is 0 Å². The van der Waals surface area contributed by atoms with E-state index < -0.39 is 0 Å². The van der Waals surface area contributed by atoms with Gasteiger partial charge in [0.1, 0.15) is 0 Å². The topological polar surface area (TPSA) is 35.7 Å². The van der Waals surface area contributed by atoms with Crippen LogP contribution in [0.4, 0.5) is 5.69 Å². The van der Waals surface area contributed by atoms with Crippen LogP contribution in [-0.4, -0.2) is 62.2 Å². The highest BCUT2D eigenvalue weighted by atomic mass is 15.3. The molecular formula is C19H32N4. The molecule has 1 aromatic rings. The van der Waals surface area contributed by atoms with Gasteiger partial charge in [-0.2, -0.15) is 0 Å². The predicted molar refractivity (Wildman–Crippen MR) is 97.9 cm³/mol. The molecule has 2 N–H and O–H groups in total. The van der Waals surface area contributed by atoms with Crippen LogP contribution in [-0.2, 0) is 0 Å². The molecule has 0 bridgehead atoms. The molecule has 2 atom stereocenters. The molecule has 1 aromatic carbocycles. The molecule has 0 aromatic heterocycles. The Morgan fingerprint density at radius 1 is 1.09 bits per heavy atom. The third kappa shape index (κ3) is 3.70. The van der Waals surface area contributed by atoms with Gasteiger partial charge in [-0.1, -0.05) is 12.1 Å². The Morgan fingerprint density at radius 3 is 2.26 bits per heavy atom. The van der Waals surface area contributed by atoms with E-state index in [0.717, 1.165) is 26.2 Å². The van der Waals surface area contributed by atoms with Crippen LogP contribution >= 0.6 is 0 Å².